The second kappa shape index (κ2) is 15.5. The highest BCUT2D eigenvalue weighted by Crippen LogP contribution is 2.36. The molecule has 0 saturated carbocycles. The van der Waals surface area contributed by atoms with E-state index in [9.17, 15) is 19.5 Å². The van der Waals surface area contributed by atoms with Crippen molar-refractivity contribution in [2.45, 2.75) is 26.1 Å². The molecule has 0 aromatic heterocycles. The number of rotatable bonds is 14. The molecular weight excluding hydrogens is 588 g/mol. The third-order valence-corrected chi connectivity index (χ3v) is 6.20. The van der Waals surface area contributed by atoms with Gasteiger partial charge in [-0.15, -0.1) is 0 Å². The quantitative estimate of drug-likeness (QED) is 0.106. The molecule has 2 amide bonds. The minimum atomic E-state index is -1.22. The van der Waals surface area contributed by atoms with E-state index in [2.05, 4.69) is 25.9 Å². The Morgan fingerprint density at radius 3 is 2.53 bits per heavy atom. The molecule has 0 saturated heterocycles. The minimum Gasteiger partial charge on any atom is -0.493 e. The van der Waals surface area contributed by atoms with Gasteiger partial charge in [0.25, 0.3) is 0 Å². The fourth-order valence-electron chi connectivity index (χ4n) is 3.96. The van der Waals surface area contributed by atoms with Gasteiger partial charge in [0.1, 0.15) is 6.61 Å². The number of hydrogen-bond acceptors (Lipinski definition) is 12. The van der Waals surface area contributed by atoms with Crippen LogP contribution in [0.1, 0.15) is 31.0 Å². The highest BCUT2D eigenvalue weighted by molar-refractivity contribution is 6.32. The number of carbonyl (C=O) groups is 3. The number of allylic oxidation sites excluding steroid dienone is 1. The van der Waals surface area contributed by atoms with E-state index in [0.29, 0.717) is 34.9 Å². The van der Waals surface area contributed by atoms with E-state index in [1.54, 1.807) is 38.1 Å². The van der Waals surface area contributed by atoms with Crippen molar-refractivity contribution < 1.29 is 47.9 Å². The third-order valence-electron chi connectivity index (χ3n) is 5.92. The molecule has 0 radical (unpaired) electrons. The molecule has 0 fully saturated rings. The van der Waals surface area contributed by atoms with Crippen LogP contribution in [0.5, 0.6) is 23.0 Å². The first-order chi connectivity index (χ1) is 20.6. The summed E-state index contributed by atoms with van der Waals surface area (Å²) in [5, 5.41) is 19.8. The van der Waals surface area contributed by atoms with Crippen molar-refractivity contribution in [1.82, 2.24) is 16.1 Å². The average Bonchev–Trinajstić information content (AvgIpc) is 2.98. The molecule has 1 aliphatic heterocycles. The van der Waals surface area contributed by atoms with Gasteiger partial charge in [0.2, 0.25) is 0 Å². The average molecular weight is 621 g/mol. The molecule has 1 heterocycles. The van der Waals surface area contributed by atoms with E-state index in [1.165, 1.54) is 33.6 Å². The zero-order valence-corrected chi connectivity index (χ0v) is 24.9. The number of benzene rings is 2. The van der Waals surface area contributed by atoms with E-state index in [-0.39, 0.29) is 35.3 Å². The zero-order valence-electron chi connectivity index (χ0n) is 24.2. The molecule has 2 atom stereocenters. The Morgan fingerprint density at radius 1 is 1.09 bits per heavy atom. The number of aliphatic hydroxyl groups is 1. The number of ether oxygens (including phenoxy) is 6. The molecular formula is C28H33ClN4O10. The van der Waals surface area contributed by atoms with Crippen molar-refractivity contribution in [3.8, 4) is 23.0 Å². The minimum absolute atomic E-state index is 0.166. The fraction of sp³-hybridized carbons (Fsp3) is 0.357. The fourth-order valence-corrected chi connectivity index (χ4v) is 4.24. The molecule has 2 aromatic carbocycles. The van der Waals surface area contributed by atoms with Gasteiger partial charge in [-0.3, -0.25) is 5.43 Å². The molecule has 0 spiro atoms. The van der Waals surface area contributed by atoms with Gasteiger partial charge < -0.3 is 44.2 Å². The number of nitrogens with zero attached hydrogens (tertiary/aromatic N) is 1. The predicted molar refractivity (Wildman–Crippen MR) is 154 cm³/mol. The number of aliphatic hydroxyl groups excluding tert-OH is 1. The summed E-state index contributed by atoms with van der Waals surface area (Å²) >= 11 is 6.28. The summed E-state index contributed by atoms with van der Waals surface area (Å²) in [6, 6.07) is 6.77. The summed E-state index contributed by atoms with van der Waals surface area (Å²) in [4.78, 5) is 35.9. The van der Waals surface area contributed by atoms with Gasteiger partial charge in [-0.25, -0.2) is 14.4 Å². The van der Waals surface area contributed by atoms with E-state index < -0.39 is 30.2 Å². The topological polar surface area (TPSA) is 175 Å². The number of hydrazone groups is 1. The maximum atomic E-state index is 12.4. The summed E-state index contributed by atoms with van der Waals surface area (Å²) in [7, 11) is 3.91. The molecule has 3 rings (SSSR count). The first-order valence-corrected chi connectivity index (χ1v) is 13.3. The van der Waals surface area contributed by atoms with Crippen LogP contribution in [0.15, 0.2) is 46.7 Å². The number of hydrogen-bond donors (Lipinski definition) is 4. The van der Waals surface area contributed by atoms with Crippen LogP contribution >= 0.6 is 11.6 Å². The van der Waals surface area contributed by atoms with Crippen molar-refractivity contribution >= 4 is 35.8 Å². The molecule has 0 bridgehead atoms. The number of carbonyl (C=O) groups excluding carboxylic acids is 3. The molecule has 43 heavy (non-hydrogen) atoms. The number of urea groups is 1. The first kappa shape index (κ1) is 32.8. The first-order valence-electron chi connectivity index (χ1n) is 12.9. The lowest BCUT2D eigenvalue weighted by Crippen LogP contribution is -2.45. The SMILES string of the molecule is CCOc1cc([C@H]2NC(=O)NC(C)=C2C(=O)OC)ccc1OC[C@H](O)N/N=C\c1cc(Cl)c(OCC(=O)OC)c(OC)c1. The van der Waals surface area contributed by atoms with Crippen LogP contribution in [-0.4, -0.2) is 76.7 Å². The maximum absolute atomic E-state index is 12.4. The van der Waals surface area contributed by atoms with Crippen LogP contribution in [-0.2, 0) is 19.1 Å². The lowest BCUT2D eigenvalue weighted by molar-refractivity contribution is -0.143. The molecule has 4 N–H and O–H groups in total. The Hall–Kier alpha value is -4.69. The van der Waals surface area contributed by atoms with Gasteiger partial charge in [0.15, 0.2) is 35.8 Å². The highest BCUT2D eigenvalue weighted by Gasteiger charge is 2.32. The van der Waals surface area contributed by atoms with Gasteiger partial charge in [0, 0.05) is 5.70 Å². The van der Waals surface area contributed by atoms with Gasteiger partial charge in [-0.05, 0) is 49.2 Å². The van der Waals surface area contributed by atoms with Crippen molar-refractivity contribution in [3.05, 3.63) is 57.8 Å². The van der Waals surface area contributed by atoms with Gasteiger partial charge >= 0.3 is 18.0 Å². The van der Waals surface area contributed by atoms with E-state index in [0.717, 1.165) is 0 Å². The lowest BCUT2D eigenvalue weighted by Gasteiger charge is -2.28. The molecule has 0 unspecified atom stereocenters. The van der Waals surface area contributed by atoms with Crippen LogP contribution in [0.25, 0.3) is 0 Å². The summed E-state index contributed by atoms with van der Waals surface area (Å²) in [5.41, 5.74) is 4.24. The lowest BCUT2D eigenvalue weighted by atomic mass is 9.95. The molecule has 1 aliphatic rings. The van der Waals surface area contributed by atoms with Crippen LogP contribution in [0.2, 0.25) is 5.02 Å². The van der Waals surface area contributed by atoms with Gasteiger partial charge in [-0.2, -0.15) is 5.10 Å². The van der Waals surface area contributed by atoms with Gasteiger partial charge in [-0.1, -0.05) is 17.7 Å². The smallest absolute Gasteiger partial charge is 0.343 e. The monoisotopic (exact) mass is 620 g/mol. The summed E-state index contributed by atoms with van der Waals surface area (Å²) in [6.45, 7) is 3.15. The number of nitrogens with one attached hydrogen (secondary N) is 3. The van der Waals surface area contributed by atoms with Crippen LogP contribution in [0.4, 0.5) is 4.79 Å². The number of esters is 2. The van der Waals surface area contributed by atoms with E-state index in [1.807, 2.05) is 0 Å². The van der Waals surface area contributed by atoms with Crippen molar-refractivity contribution in [3.63, 3.8) is 0 Å². The van der Waals surface area contributed by atoms with Crippen molar-refractivity contribution in [1.29, 1.82) is 0 Å². The summed E-state index contributed by atoms with van der Waals surface area (Å²) in [6.07, 6.45) is 0.176. The molecule has 15 heteroatoms. The number of halogens is 1. The highest BCUT2D eigenvalue weighted by atomic mass is 35.5. The number of amides is 2. The van der Waals surface area contributed by atoms with Crippen molar-refractivity contribution in [2.75, 3.05) is 41.2 Å². The van der Waals surface area contributed by atoms with E-state index in [4.69, 9.17) is 35.3 Å². The molecule has 2 aromatic rings. The predicted octanol–water partition coefficient (Wildman–Crippen LogP) is 2.42. The van der Waals surface area contributed by atoms with E-state index >= 15 is 0 Å². The Kier molecular flexibility index (Phi) is 11.8. The standard InChI is InChI=1S/C28H33ClN4O10/c1-6-41-20-11-17(25-24(27(36)40-5)15(2)31-28(37)32-25)7-8-19(20)42-13-22(34)33-30-12-16-9-18(29)26(21(10-16)38-3)43-14-23(35)39-4/h7-12,22,25,33-34H,6,13-14H2,1-5H3,(H2,31,32,37)/b30-12-/t22-,25+/m0/s1. The second-order valence-corrected chi connectivity index (χ2v) is 9.22. The third kappa shape index (κ3) is 8.66. The zero-order chi connectivity index (χ0) is 31.5. The normalized spacial score (nSPS) is 15.2. The Labute approximate surface area is 252 Å². The molecule has 232 valence electrons. The van der Waals surface area contributed by atoms with Crippen LogP contribution < -0.4 is 35.0 Å². The van der Waals surface area contributed by atoms with Gasteiger partial charge in [0.05, 0.1) is 50.8 Å². The van der Waals surface area contributed by atoms with Crippen molar-refractivity contribution in [2.24, 2.45) is 5.10 Å². The van der Waals surface area contributed by atoms with Crippen LogP contribution in [0, 0.1) is 0 Å². The Bertz CT molecular complexity index is 1400. The number of methoxy groups -OCH3 is 3. The second-order valence-electron chi connectivity index (χ2n) is 8.81. The summed E-state index contributed by atoms with van der Waals surface area (Å²) < 4.78 is 31.6. The maximum Gasteiger partial charge on any atom is 0.343 e. The Balaban J connectivity index is 1.67. The molecule has 0 aliphatic carbocycles. The largest absolute Gasteiger partial charge is 0.493 e. The summed E-state index contributed by atoms with van der Waals surface area (Å²) in [5.74, 6) is -0.0894. The van der Waals surface area contributed by atoms with Crippen LogP contribution in [0.3, 0.4) is 0 Å². The Morgan fingerprint density at radius 2 is 1.86 bits per heavy atom. The molecule has 14 nitrogen and oxygen atoms in total.